The number of amides is 1. The summed E-state index contributed by atoms with van der Waals surface area (Å²) in [6, 6.07) is 9.57. The van der Waals surface area contributed by atoms with Crippen molar-refractivity contribution in [3.05, 3.63) is 53.6 Å². The standard InChI is InChI=1S/C16H19NO/c1-12(2)13-8-10-14(11-9-13)16(18)17-15-6-4-3-5-7-15/h3-8,10,12H,9,11H2,1-2H3,(H,17,18). The summed E-state index contributed by atoms with van der Waals surface area (Å²) in [4.78, 5) is 12.0. The lowest BCUT2D eigenvalue weighted by Crippen LogP contribution is -2.16. The smallest absolute Gasteiger partial charge is 0.251 e. The first-order chi connectivity index (χ1) is 8.66. The Kier molecular flexibility index (Phi) is 3.98. The van der Waals surface area contributed by atoms with Crippen LogP contribution in [0.25, 0.3) is 0 Å². The number of hydrogen-bond acceptors (Lipinski definition) is 1. The molecule has 0 fully saturated rings. The molecule has 1 aromatic rings. The third-order valence-corrected chi connectivity index (χ3v) is 3.25. The van der Waals surface area contributed by atoms with E-state index < -0.39 is 0 Å². The topological polar surface area (TPSA) is 29.1 Å². The molecule has 2 heteroatoms. The van der Waals surface area contributed by atoms with Gasteiger partial charge in [0.2, 0.25) is 0 Å². The number of para-hydroxylation sites is 1. The van der Waals surface area contributed by atoms with Gasteiger partial charge in [-0.1, -0.05) is 49.8 Å². The molecule has 0 aliphatic heterocycles. The number of nitrogens with one attached hydrogen (secondary N) is 1. The van der Waals surface area contributed by atoms with Crippen molar-refractivity contribution in [2.45, 2.75) is 26.7 Å². The minimum atomic E-state index is 0.0141. The molecule has 0 unspecified atom stereocenters. The fourth-order valence-corrected chi connectivity index (χ4v) is 2.06. The van der Waals surface area contributed by atoms with E-state index in [-0.39, 0.29) is 5.91 Å². The van der Waals surface area contributed by atoms with Crippen LogP contribution in [0.2, 0.25) is 0 Å². The van der Waals surface area contributed by atoms with E-state index in [0.29, 0.717) is 5.92 Å². The van der Waals surface area contributed by atoms with Gasteiger partial charge in [-0.05, 0) is 30.9 Å². The highest BCUT2D eigenvalue weighted by Gasteiger charge is 2.14. The highest BCUT2D eigenvalue weighted by Crippen LogP contribution is 2.24. The van der Waals surface area contributed by atoms with Crippen LogP contribution in [-0.2, 0) is 4.79 Å². The Morgan fingerprint density at radius 3 is 2.39 bits per heavy atom. The summed E-state index contributed by atoms with van der Waals surface area (Å²) < 4.78 is 0. The van der Waals surface area contributed by atoms with Gasteiger partial charge in [0.25, 0.3) is 5.91 Å². The van der Waals surface area contributed by atoms with Crippen molar-refractivity contribution < 1.29 is 4.79 Å². The van der Waals surface area contributed by atoms with Gasteiger partial charge in [0, 0.05) is 11.3 Å². The highest BCUT2D eigenvalue weighted by molar-refractivity contribution is 6.04. The number of benzene rings is 1. The van der Waals surface area contributed by atoms with E-state index in [2.05, 4.69) is 25.2 Å². The molecule has 2 nitrogen and oxygen atoms in total. The summed E-state index contributed by atoms with van der Waals surface area (Å²) in [5, 5.41) is 2.92. The molecule has 1 amide bonds. The molecule has 2 rings (SSSR count). The van der Waals surface area contributed by atoms with Gasteiger partial charge in [-0.25, -0.2) is 0 Å². The maximum absolute atomic E-state index is 12.0. The van der Waals surface area contributed by atoms with Crippen molar-refractivity contribution in [3.8, 4) is 0 Å². The second-order valence-electron chi connectivity index (χ2n) is 4.91. The van der Waals surface area contributed by atoms with Crippen LogP contribution in [0.4, 0.5) is 5.69 Å². The van der Waals surface area contributed by atoms with Crippen LogP contribution in [0.3, 0.4) is 0 Å². The van der Waals surface area contributed by atoms with E-state index in [1.165, 1.54) is 5.57 Å². The molecule has 94 valence electrons. The molecule has 0 saturated carbocycles. The molecule has 0 aromatic heterocycles. The zero-order valence-electron chi connectivity index (χ0n) is 10.9. The number of carbonyl (C=O) groups is 1. The average Bonchev–Trinajstić information content (AvgIpc) is 2.40. The van der Waals surface area contributed by atoms with Crippen molar-refractivity contribution in [1.29, 1.82) is 0 Å². The van der Waals surface area contributed by atoms with E-state index in [9.17, 15) is 4.79 Å². The molecular formula is C16H19NO. The maximum Gasteiger partial charge on any atom is 0.251 e. The Morgan fingerprint density at radius 2 is 1.83 bits per heavy atom. The predicted octanol–water partition coefficient (Wildman–Crippen LogP) is 3.93. The minimum Gasteiger partial charge on any atom is -0.322 e. The normalized spacial score (nSPS) is 15.1. The van der Waals surface area contributed by atoms with Gasteiger partial charge in [0.15, 0.2) is 0 Å². The van der Waals surface area contributed by atoms with Crippen molar-refractivity contribution in [2.24, 2.45) is 5.92 Å². The first-order valence-corrected chi connectivity index (χ1v) is 6.43. The minimum absolute atomic E-state index is 0.0141. The molecular weight excluding hydrogens is 222 g/mol. The van der Waals surface area contributed by atoms with E-state index >= 15 is 0 Å². The fraction of sp³-hybridized carbons (Fsp3) is 0.312. The van der Waals surface area contributed by atoms with Gasteiger partial charge >= 0.3 is 0 Å². The first kappa shape index (κ1) is 12.6. The van der Waals surface area contributed by atoms with Crippen LogP contribution in [-0.4, -0.2) is 5.91 Å². The summed E-state index contributed by atoms with van der Waals surface area (Å²) in [7, 11) is 0. The van der Waals surface area contributed by atoms with E-state index in [1.807, 2.05) is 36.4 Å². The van der Waals surface area contributed by atoms with Crippen molar-refractivity contribution in [3.63, 3.8) is 0 Å². The quantitative estimate of drug-likeness (QED) is 0.853. The molecule has 1 aliphatic carbocycles. The third kappa shape index (κ3) is 3.10. The molecule has 1 aromatic carbocycles. The van der Waals surface area contributed by atoms with Crippen molar-refractivity contribution >= 4 is 11.6 Å². The van der Waals surface area contributed by atoms with Gasteiger partial charge in [0.05, 0.1) is 0 Å². The summed E-state index contributed by atoms with van der Waals surface area (Å²) >= 11 is 0. The summed E-state index contributed by atoms with van der Waals surface area (Å²) in [6.45, 7) is 4.38. The lowest BCUT2D eigenvalue weighted by atomic mass is 9.91. The number of hydrogen-bond donors (Lipinski definition) is 1. The van der Waals surface area contributed by atoms with Crippen LogP contribution >= 0.6 is 0 Å². The summed E-state index contributed by atoms with van der Waals surface area (Å²) in [5.41, 5.74) is 3.14. The van der Waals surface area contributed by atoms with E-state index in [4.69, 9.17) is 0 Å². The SMILES string of the molecule is CC(C)C1=CC=C(C(=O)Nc2ccccc2)CC1. The van der Waals surface area contributed by atoms with Crippen LogP contribution in [0.1, 0.15) is 26.7 Å². The monoisotopic (exact) mass is 241 g/mol. The highest BCUT2D eigenvalue weighted by atomic mass is 16.1. The average molecular weight is 241 g/mol. The lowest BCUT2D eigenvalue weighted by Gasteiger charge is -2.17. The van der Waals surface area contributed by atoms with E-state index in [1.54, 1.807) is 0 Å². The molecule has 0 saturated heterocycles. The molecule has 0 atom stereocenters. The Balaban J connectivity index is 2.03. The predicted molar refractivity (Wildman–Crippen MR) is 75.3 cm³/mol. The fourth-order valence-electron chi connectivity index (χ4n) is 2.06. The largest absolute Gasteiger partial charge is 0.322 e. The summed E-state index contributed by atoms with van der Waals surface area (Å²) in [5.74, 6) is 0.584. The number of rotatable bonds is 3. The van der Waals surface area contributed by atoms with Gasteiger partial charge in [-0.2, -0.15) is 0 Å². The number of carbonyl (C=O) groups excluding carboxylic acids is 1. The van der Waals surface area contributed by atoms with Crippen LogP contribution in [0.5, 0.6) is 0 Å². The molecule has 0 bridgehead atoms. The van der Waals surface area contributed by atoms with Gasteiger partial charge in [-0.15, -0.1) is 0 Å². The van der Waals surface area contributed by atoms with Crippen molar-refractivity contribution in [2.75, 3.05) is 5.32 Å². The molecule has 1 aliphatic rings. The number of anilines is 1. The lowest BCUT2D eigenvalue weighted by molar-refractivity contribution is -0.113. The zero-order chi connectivity index (χ0) is 13.0. The third-order valence-electron chi connectivity index (χ3n) is 3.25. The molecule has 18 heavy (non-hydrogen) atoms. The van der Waals surface area contributed by atoms with Gasteiger partial charge in [0.1, 0.15) is 0 Å². The Hall–Kier alpha value is -1.83. The molecule has 0 spiro atoms. The van der Waals surface area contributed by atoms with E-state index in [0.717, 1.165) is 24.1 Å². The molecule has 0 radical (unpaired) electrons. The molecule has 1 N–H and O–H groups in total. The van der Waals surface area contributed by atoms with Gasteiger partial charge in [-0.3, -0.25) is 4.79 Å². The second-order valence-corrected chi connectivity index (χ2v) is 4.91. The van der Waals surface area contributed by atoms with Gasteiger partial charge < -0.3 is 5.32 Å². The van der Waals surface area contributed by atoms with Crippen LogP contribution < -0.4 is 5.32 Å². The van der Waals surface area contributed by atoms with Crippen LogP contribution in [0, 0.1) is 5.92 Å². The first-order valence-electron chi connectivity index (χ1n) is 6.43. The van der Waals surface area contributed by atoms with Crippen molar-refractivity contribution in [1.82, 2.24) is 0 Å². The molecule has 0 heterocycles. The Bertz CT molecular complexity index is 483. The van der Waals surface area contributed by atoms with Crippen LogP contribution in [0.15, 0.2) is 53.6 Å². The maximum atomic E-state index is 12.0. The Labute approximate surface area is 108 Å². The second kappa shape index (κ2) is 5.67. The summed E-state index contributed by atoms with van der Waals surface area (Å²) in [6.07, 6.45) is 5.87. The zero-order valence-corrected chi connectivity index (χ0v) is 10.9. The Morgan fingerprint density at radius 1 is 1.11 bits per heavy atom. The number of allylic oxidation sites excluding steroid dienone is 3.